The molecule has 7 heteroatoms. The van der Waals surface area contributed by atoms with Crippen molar-refractivity contribution in [1.82, 2.24) is 0 Å². The maximum atomic E-state index is 12.4. The lowest BCUT2D eigenvalue weighted by molar-refractivity contribution is 0.0693. The van der Waals surface area contributed by atoms with Crippen LogP contribution in [0.3, 0.4) is 0 Å². The van der Waals surface area contributed by atoms with Crippen LogP contribution in [-0.2, 0) is 10.0 Å². The van der Waals surface area contributed by atoms with Gasteiger partial charge in [-0.25, -0.2) is 13.2 Å². The molecule has 0 aliphatic rings. The van der Waals surface area contributed by atoms with Gasteiger partial charge < -0.3 is 9.84 Å². The molecule has 0 aromatic heterocycles. The summed E-state index contributed by atoms with van der Waals surface area (Å²) in [6.07, 6.45) is 5.27. The van der Waals surface area contributed by atoms with Crippen molar-refractivity contribution < 1.29 is 23.1 Å². The van der Waals surface area contributed by atoms with Gasteiger partial charge in [0.05, 0.1) is 17.7 Å². The lowest BCUT2D eigenvalue weighted by Gasteiger charge is -2.11. The van der Waals surface area contributed by atoms with E-state index in [1.54, 1.807) is 18.2 Å². The lowest BCUT2D eigenvalue weighted by Crippen LogP contribution is -2.14. The van der Waals surface area contributed by atoms with Crippen LogP contribution in [-0.4, -0.2) is 26.6 Å². The van der Waals surface area contributed by atoms with Gasteiger partial charge in [-0.15, -0.1) is 6.42 Å². The number of methoxy groups -OCH3 is 1. The lowest BCUT2D eigenvalue weighted by atomic mass is 10.2. The van der Waals surface area contributed by atoms with Crippen molar-refractivity contribution in [1.29, 1.82) is 0 Å². The maximum Gasteiger partial charge on any atom is 0.339 e. The molecule has 118 valence electrons. The molecule has 0 atom stereocenters. The Morgan fingerprint density at radius 1 is 1.26 bits per heavy atom. The monoisotopic (exact) mass is 331 g/mol. The molecule has 2 aromatic carbocycles. The number of benzene rings is 2. The summed E-state index contributed by atoms with van der Waals surface area (Å²) in [6, 6.07) is 9.90. The molecule has 2 rings (SSSR count). The molecule has 0 radical (unpaired) electrons. The first-order chi connectivity index (χ1) is 10.9. The number of aromatic carboxylic acids is 1. The molecule has 0 bridgehead atoms. The molecule has 2 aromatic rings. The molecule has 0 spiro atoms. The molecule has 23 heavy (non-hydrogen) atoms. The molecular weight excluding hydrogens is 318 g/mol. The van der Waals surface area contributed by atoms with Gasteiger partial charge in [-0.05, 0) is 36.4 Å². The third-order valence-corrected chi connectivity index (χ3v) is 4.37. The Kier molecular flexibility index (Phi) is 4.57. The molecule has 0 aliphatic heterocycles. The van der Waals surface area contributed by atoms with Crippen molar-refractivity contribution in [2.24, 2.45) is 0 Å². The highest BCUT2D eigenvalue weighted by molar-refractivity contribution is 7.92. The maximum absolute atomic E-state index is 12.4. The van der Waals surface area contributed by atoms with Crippen molar-refractivity contribution in [3.05, 3.63) is 53.6 Å². The Balaban J connectivity index is 2.42. The van der Waals surface area contributed by atoms with Crippen molar-refractivity contribution in [2.75, 3.05) is 11.8 Å². The van der Waals surface area contributed by atoms with Crippen LogP contribution in [0, 0.1) is 12.3 Å². The first kappa shape index (κ1) is 16.4. The largest absolute Gasteiger partial charge is 0.496 e. The fraction of sp³-hybridized carbons (Fsp3) is 0.0625. The summed E-state index contributed by atoms with van der Waals surface area (Å²) in [6.45, 7) is 0. The predicted molar refractivity (Wildman–Crippen MR) is 85.1 cm³/mol. The Labute approximate surface area is 133 Å². The zero-order valence-corrected chi connectivity index (χ0v) is 12.9. The van der Waals surface area contributed by atoms with E-state index in [-0.39, 0.29) is 21.9 Å². The number of anilines is 1. The summed E-state index contributed by atoms with van der Waals surface area (Å²) >= 11 is 0. The number of sulfonamides is 1. The smallest absolute Gasteiger partial charge is 0.339 e. The van der Waals surface area contributed by atoms with Gasteiger partial charge in [0.25, 0.3) is 10.0 Å². The van der Waals surface area contributed by atoms with Gasteiger partial charge in [-0.1, -0.05) is 12.0 Å². The Morgan fingerprint density at radius 3 is 2.61 bits per heavy atom. The molecule has 0 aliphatic carbocycles. The van der Waals surface area contributed by atoms with Crippen LogP contribution in [0.1, 0.15) is 15.9 Å². The second-order valence-corrected chi connectivity index (χ2v) is 6.18. The number of carboxylic acid groups (broad SMARTS) is 1. The number of rotatable bonds is 5. The van der Waals surface area contributed by atoms with Gasteiger partial charge in [-0.2, -0.15) is 0 Å². The SMILES string of the molecule is C#Cc1cccc(NS(=O)(=O)c2ccc(OC)c(C(=O)O)c2)c1. The average Bonchev–Trinajstić information content (AvgIpc) is 2.53. The van der Waals surface area contributed by atoms with E-state index in [4.69, 9.17) is 16.3 Å². The minimum absolute atomic E-state index is 0.0748. The van der Waals surface area contributed by atoms with Gasteiger partial charge in [0.2, 0.25) is 0 Å². The van der Waals surface area contributed by atoms with Crippen LogP contribution >= 0.6 is 0 Å². The van der Waals surface area contributed by atoms with Gasteiger partial charge in [0.15, 0.2) is 0 Å². The third-order valence-electron chi connectivity index (χ3n) is 2.99. The highest BCUT2D eigenvalue weighted by atomic mass is 32.2. The second-order valence-electron chi connectivity index (χ2n) is 4.50. The number of carboxylic acids is 1. The Hall–Kier alpha value is -2.98. The fourth-order valence-electron chi connectivity index (χ4n) is 1.91. The van der Waals surface area contributed by atoms with E-state index in [9.17, 15) is 13.2 Å². The van der Waals surface area contributed by atoms with Crippen molar-refractivity contribution in [2.45, 2.75) is 4.90 Å². The number of carbonyl (C=O) groups is 1. The van der Waals surface area contributed by atoms with E-state index in [1.807, 2.05) is 0 Å². The number of ether oxygens (including phenoxy) is 1. The number of hydrogen-bond donors (Lipinski definition) is 2. The summed E-state index contributed by atoms with van der Waals surface area (Å²) in [7, 11) is -2.65. The van der Waals surface area contributed by atoms with E-state index in [0.717, 1.165) is 6.07 Å². The first-order valence-corrected chi connectivity index (χ1v) is 7.86. The number of hydrogen-bond acceptors (Lipinski definition) is 4. The molecule has 6 nitrogen and oxygen atoms in total. The Bertz CT molecular complexity index is 897. The first-order valence-electron chi connectivity index (χ1n) is 6.38. The van der Waals surface area contributed by atoms with Crippen LogP contribution in [0.4, 0.5) is 5.69 Å². The minimum atomic E-state index is -3.96. The van der Waals surface area contributed by atoms with E-state index in [1.165, 1.54) is 25.3 Å². The minimum Gasteiger partial charge on any atom is -0.496 e. The summed E-state index contributed by atoms with van der Waals surface area (Å²) in [5.41, 5.74) is 0.562. The van der Waals surface area contributed by atoms with Crippen molar-refractivity contribution in [3.8, 4) is 18.1 Å². The van der Waals surface area contributed by atoms with Gasteiger partial charge in [0, 0.05) is 5.56 Å². The quantitative estimate of drug-likeness (QED) is 0.819. The van der Waals surface area contributed by atoms with Crippen LogP contribution < -0.4 is 9.46 Å². The molecule has 0 heterocycles. The molecule has 0 unspecified atom stereocenters. The van der Waals surface area contributed by atoms with Crippen LogP contribution in [0.25, 0.3) is 0 Å². The van der Waals surface area contributed by atoms with Gasteiger partial charge >= 0.3 is 5.97 Å². The topological polar surface area (TPSA) is 92.7 Å². The molecule has 0 saturated heterocycles. The van der Waals surface area contributed by atoms with E-state index < -0.39 is 16.0 Å². The standard InChI is InChI=1S/C16H13NO5S/c1-3-11-5-4-6-12(9-11)17-23(20,21)13-7-8-15(22-2)14(10-13)16(18)19/h1,4-10,17H,2H3,(H,18,19). The molecule has 0 amide bonds. The molecule has 0 fully saturated rings. The Morgan fingerprint density at radius 2 is 2.00 bits per heavy atom. The van der Waals surface area contributed by atoms with E-state index in [0.29, 0.717) is 5.56 Å². The molecule has 2 N–H and O–H groups in total. The molecule has 0 saturated carbocycles. The zero-order chi connectivity index (χ0) is 17.0. The number of nitrogens with one attached hydrogen (secondary N) is 1. The van der Waals surface area contributed by atoms with Crippen LogP contribution in [0.5, 0.6) is 5.75 Å². The summed E-state index contributed by atoms with van der Waals surface area (Å²) < 4.78 is 32.0. The van der Waals surface area contributed by atoms with E-state index >= 15 is 0 Å². The van der Waals surface area contributed by atoms with E-state index in [2.05, 4.69) is 10.6 Å². The average molecular weight is 331 g/mol. The number of terminal acetylenes is 1. The molecular formula is C16H13NO5S. The summed E-state index contributed by atoms with van der Waals surface area (Å²) in [4.78, 5) is 11.0. The van der Waals surface area contributed by atoms with Crippen LogP contribution in [0.15, 0.2) is 47.4 Å². The van der Waals surface area contributed by atoms with Gasteiger partial charge in [-0.3, -0.25) is 4.72 Å². The van der Waals surface area contributed by atoms with Crippen molar-refractivity contribution >= 4 is 21.7 Å². The highest BCUT2D eigenvalue weighted by Gasteiger charge is 2.19. The third kappa shape index (κ3) is 3.62. The highest BCUT2D eigenvalue weighted by Crippen LogP contribution is 2.24. The van der Waals surface area contributed by atoms with Crippen molar-refractivity contribution in [3.63, 3.8) is 0 Å². The fourth-order valence-corrected chi connectivity index (χ4v) is 2.98. The van der Waals surface area contributed by atoms with Gasteiger partial charge in [0.1, 0.15) is 11.3 Å². The summed E-state index contributed by atoms with van der Waals surface area (Å²) in [5, 5.41) is 9.13. The predicted octanol–water partition coefficient (Wildman–Crippen LogP) is 2.18. The second kappa shape index (κ2) is 6.42. The zero-order valence-electron chi connectivity index (χ0n) is 12.1. The normalized spacial score (nSPS) is 10.6. The summed E-state index contributed by atoms with van der Waals surface area (Å²) in [5.74, 6) is 1.19. The van der Waals surface area contributed by atoms with Crippen LogP contribution in [0.2, 0.25) is 0 Å².